The van der Waals surface area contributed by atoms with Gasteiger partial charge in [-0.2, -0.15) is 10.4 Å². The molecule has 3 heterocycles. The lowest BCUT2D eigenvalue weighted by Crippen LogP contribution is -2.19. The molecule has 0 aliphatic carbocycles. The number of esters is 1. The van der Waals surface area contributed by atoms with Crippen molar-refractivity contribution in [1.82, 2.24) is 20.5 Å². The van der Waals surface area contributed by atoms with Crippen molar-refractivity contribution in [3.63, 3.8) is 0 Å². The zero-order chi connectivity index (χ0) is 18.8. The van der Waals surface area contributed by atoms with E-state index in [4.69, 9.17) is 9.37 Å². The zero-order valence-corrected chi connectivity index (χ0v) is 14.5. The van der Waals surface area contributed by atoms with Crippen molar-refractivity contribution in [2.75, 3.05) is 11.9 Å². The van der Waals surface area contributed by atoms with E-state index in [2.05, 4.69) is 31.9 Å². The average molecular weight is 364 g/mol. The number of aromatic nitrogens is 4. The molecule has 27 heavy (non-hydrogen) atoms. The van der Waals surface area contributed by atoms with Gasteiger partial charge in [-0.3, -0.25) is 9.89 Å². The molecule has 1 atom stereocenters. The number of rotatable bonds is 5. The molecule has 1 aliphatic rings. The third-order valence-corrected chi connectivity index (χ3v) is 4.50. The van der Waals surface area contributed by atoms with Crippen LogP contribution in [0.15, 0.2) is 40.3 Å². The predicted molar refractivity (Wildman–Crippen MR) is 94.4 cm³/mol. The Labute approximate surface area is 154 Å². The number of carbonyl (C=O) groups is 1. The molecule has 4 rings (SSSR count). The smallest absolute Gasteiger partial charge is 0.306 e. The number of nitrogens with zero attached hydrogens (tertiary/aromatic N) is 4. The summed E-state index contributed by atoms with van der Waals surface area (Å²) >= 11 is 0. The Bertz CT molecular complexity index is 1070. The summed E-state index contributed by atoms with van der Waals surface area (Å²) in [6.45, 7) is 2.08. The van der Waals surface area contributed by atoms with Gasteiger partial charge in [0, 0.05) is 11.3 Å². The van der Waals surface area contributed by atoms with E-state index >= 15 is 0 Å². The van der Waals surface area contributed by atoms with Gasteiger partial charge >= 0.3 is 5.97 Å². The number of anilines is 1. The molecule has 9 heteroatoms. The first kappa shape index (κ1) is 16.8. The highest BCUT2D eigenvalue weighted by atomic mass is 16.6. The number of aromatic amines is 1. The van der Waals surface area contributed by atoms with Crippen LogP contribution in [0, 0.1) is 11.3 Å². The molecule has 1 unspecified atom stereocenters. The second-order valence-electron chi connectivity index (χ2n) is 6.05. The van der Waals surface area contributed by atoms with E-state index in [1.165, 1.54) is 0 Å². The fraction of sp³-hybridized carbons (Fsp3) is 0.278. The molecule has 0 radical (unpaired) electrons. The highest BCUT2D eigenvalue weighted by molar-refractivity contribution is 5.81. The number of carbonyl (C=O) groups excluding carboxylic acids is 1. The molecule has 1 aromatic carbocycles. The van der Waals surface area contributed by atoms with Crippen LogP contribution in [0.2, 0.25) is 0 Å². The van der Waals surface area contributed by atoms with Crippen LogP contribution >= 0.6 is 0 Å². The fourth-order valence-corrected chi connectivity index (χ4v) is 3.33. The van der Waals surface area contributed by atoms with Gasteiger partial charge in [-0.1, -0.05) is 12.1 Å². The van der Waals surface area contributed by atoms with Gasteiger partial charge in [-0.15, -0.1) is 0 Å². The minimum atomic E-state index is -0.391. The summed E-state index contributed by atoms with van der Waals surface area (Å²) in [7, 11) is 0. The van der Waals surface area contributed by atoms with Gasteiger partial charge in [0.2, 0.25) is 0 Å². The van der Waals surface area contributed by atoms with E-state index in [1.807, 2.05) is 12.1 Å². The molecule has 2 N–H and O–H groups in total. The molecule has 0 saturated heterocycles. The molecule has 0 fully saturated rings. The number of benzene rings is 1. The van der Waals surface area contributed by atoms with Gasteiger partial charge in [0.25, 0.3) is 0 Å². The summed E-state index contributed by atoms with van der Waals surface area (Å²) < 4.78 is 9.86. The van der Waals surface area contributed by atoms with E-state index in [1.54, 1.807) is 19.2 Å². The summed E-state index contributed by atoms with van der Waals surface area (Å²) in [5, 5.41) is 28.0. The SMILES string of the molecule is CCOC(=O)CCC1=C(C#N)C(c2cccc3nonc23)c2cn[nH]c2N1. The van der Waals surface area contributed by atoms with Gasteiger partial charge in [0.05, 0.1) is 36.8 Å². The Morgan fingerprint density at radius 3 is 3.07 bits per heavy atom. The highest BCUT2D eigenvalue weighted by Gasteiger charge is 2.33. The number of nitrogens with one attached hydrogen (secondary N) is 2. The number of hydrogen-bond donors (Lipinski definition) is 2. The molecule has 9 nitrogen and oxygen atoms in total. The van der Waals surface area contributed by atoms with Crippen LogP contribution in [-0.4, -0.2) is 33.1 Å². The highest BCUT2D eigenvalue weighted by Crippen LogP contribution is 2.43. The Hall–Kier alpha value is -3.67. The molecule has 3 aromatic rings. The largest absolute Gasteiger partial charge is 0.466 e. The van der Waals surface area contributed by atoms with Crippen LogP contribution in [0.1, 0.15) is 36.8 Å². The van der Waals surface area contributed by atoms with E-state index in [-0.39, 0.29) is 12.4 Å². The number of hydrogen-bond acceptors (Lipinski definition) is 8. The van der Waals surface area contributed by atoms with E-state index < -0.39 is 5.92 Å². The molecule has 1 aliphatic heterocycles. The number of ether oxygens (including phenoxy) is 1. The van der Waals surface area contributed by atoms with Crippen LogP contribution in [0.3, 0.4) is 0 Å². The maximum atomic E-state index is 11.8. The summed E-state index contributed by atoms with van der Waals surface area (Å²) in [4.78, 5) is 11.8. The molecule has 0 saturated carbocycles. The van der Waals surface area contributed by atoms with Crippen molar-refractivity contribution in [2.45, 2.75) is 25.7 Å². The Balaban J connectivity index is 1.80. The molecular formula is C18H16N6O3. The second kappa shape index (κ2) is 6.92. The topological polar surface area (TPSA) is 130 Å². The molecule has 0 bridgehead atoms. The van der Waals surface area contributed by atoms with E-state index in [0.717, 1.165) is 11.1 Å². The maximum Gasteiger partial charge on any atom is 0.306 e. The third kappa shape index (κ3) is 2.91. The minimum Gasteiger partial charge on any atom is -0.466 e. The zero-order valence-electron chi connectivity index (χ0n) is 14.5. The Morgan fingerprint density at radius 2 is 2.26 bits per heavy atom. The normalized spacial score (nSPS) is 15.9. The molecular weight excluding hydrogens is 348 g/mol. The second-order valence-corrected chi connectivity index (χ2v) is 6.05. The first-order valence-electron chi connectivity index (χ1n) is 8.53. The lowest BCUT2D eigenvalue weighted by atomic mass is 9.82. The predicted octanol–water partition coefficient (Wildman–Crippen LogP) is 2.62. The van der Waals surface area contributed by atoms with Crippen molar-refractivity contribution >= 4 is 22.8 Å². The third-order valence-electron chi connectivity index (χ3n) is 4.50. The van der Waals surface area contributed by atoms with Crippen LogP contribution in [-0.2, 0) is 9.53 Å². The summed E-state index contributed by atoms with van der Waals surface area (Å²) in [6, 6.07) is 7.82. The molecule has 136 valence electrons. The summed E-state index contributed by atoms with van der Waals surface area (Å²) in [5.74, 6) is -0.0111. The Morgan fingerprint density at radius 1 is 1.37 bits per heavy atom. The average Bonchev–Trinajstić information content (AvgIpc) is 3.34. The van der Waals surface area contributed by atoms with E-state index in [9.17, 15) is 10.1 Å². The maximum absolute atomic E-state index is 11.8. The fourth-order valence-electron chi connectivity index (χ4n) is 3.33. The van der Waals surface area contributed by atoms with Crippen LogP contribution in [0.4, 0.5) is 5.82 Å². The Kier molecular flexibility index (Phi) is 4.30. The summed E-state index contributed by atoms with van der Waals surface area (Å²) in [6.07, 6.45) is 2.20. The van der Waals surface area contributed by atoms with Crippen molar-refractivity contribution in [2.24, 2.45) is 0 Å². The lowest BCUT2D eigenvalue weighted by Gasteiger charge is -2.26. The number of fused-ring (bicyclic) bond motifs is 2. The quantitative estimate of drug-likeness (QED) is 0.661. The van der Waals surface area contributed by atoms with Crippen LogP contribution < -0.4 is 5.32 Å². The van der Waals surface area contributed by atoms with Crippen molar-refractivity contribution in [3.8, 4) is 6.07 Å². The number of H-pyrrole nitrogens is 1. The van der Waals surface area contributed by atoms with Crippen LogP contribution in [0.25, 0.3) is 11.0 Å². The van der Waals surface area contributed by atoms with Gasteiger partial charge in [0.15, 0.2) is 0 Å². The molecule has 2 aromatic heterocycles. The number of allylic oxidation sites excluding steroid dienone is 2. The molecule has 0 amide bonds. The van der Waals surface area contributed by atoms with Crippen molar-refractivity contribution in [1.29, 1.82) is 5.26 Å². The first-order chi connectivity index (χ1) is 13.2. The van der Waals surface area contributed by atoms with Crippen molar-refractivity contribution < 1.29 is 14.2 Å². The monoisotopic (exact) mass is 364 g/mol. The summed E-state index contributed by atoms with van der Waals surface area (Å²) in [5.41, 5.74) is 3.98. The number of nitriles is 1. The van der Waals surface area contributed by atoms with Crippen molar-refractivity contribution in [3.05, 3.63) is 46.8 Å². The van der Waals surface area contributed by atoms with Gasteiger partial charge in [-0.25, -0.2) is 4.63 Å². The van der Waals surface area contributed by atoms with Gasteiger partial charge in [-0.05, 0) is 35.3 Å². The van der Waals surface area contributed by atoms with Gasteiger partial charge in [0.1, 0.15) is 16.9 Å². The minimum absolute atomic E-state index is 0.174. The standard InChI is InChI=1S/C18H16N6O3/c1-2-26-15(25)7-6-13-11(8-19)16(12-9-20-22-18(12)21-13)10-4-3-5-14-17(10)24-27-23-14/h3-5,9,16H,2,6-7H2,1H3,(H2,20,21,22). The first-order valence-corrected chi connectivity index (χ1v) is 8.53. The van der Waals surface area contributed by atoms with Gasteiger partial charge < -0.3 is 10.1 Å². The lowest BCUT2D eigenvalue weighted by molar-refractivity contribution is -0.143. The molecule has 0 spiro atoms. The van der Waals surface area contributed by atoms with Crippen LogP contribution in [0.5, 0.6) is 0 Å². The van der Waals surface area contributed by atoms with E-state index in [0.29, 0.717) is 41.1 Å².